The second kappa shape index (κ2) is 7.06. The summed E-state index contributed by atoms with van der Waals surface area (Å²) in [4.78, 5) is 25.1. The summed E-state index contributed by atoms with van der Waals surface area (Å²) in [5.74, 6) is 0.184. The smallest absolute Gasteiger partial charge is 0.257 e. The predicted octanol–water partition coefficient (Wildman–Crippen LogP) is 3.71. The highest BCUT2D eigenvalue weighted by Crippen LogP contribution is 2.32. The van der Waals surface area contributed by atoms with Crippen molar-refractivity contribution in [3.63, 3.8) is 0 Å². The third-order valence-corrected chi connectivity index (χ3v) is 5.75. The molecule has 0 saturated heterocycles. The lowest BCUT2D eigenvalue weighted by Gasteiger charge is -2.27. The largest absolute Gasteiger partial charge is 0.369 e. The number of hydrogen-bond acceptors (Lipinski definition) is 4. The van der Waals surface area contributed by atoms with Crippen molar-refractivity contribution in [1.29, 1.82) is 0 Å². The number of halogens is 1. The quantitative estimate of drug-likeness (QED) is 0.484. The van der Waals surface area contributed by atoms with Crippen LogP contribution in [-0.4, -0.2) is 26.4 Å². The molecule has 0 saturated carbocycles. The maximum Gasteiger partial charge on any atom is 0.257 e. The molecule has 1 aliphatic rings. The maximum absolute atomic E-state index is 12.3. The van der Waals surface area contributed by atoms with Crippen molar-refractivity contribution in [3.05, 3.63) is 80.7 Å². The first-order valence-corrected chi connectivity index (χ1v) is 9.92. The molecule has 1 aliphatic heterocycles. The van der Waals surface area contributed by atoms with E-state index in [0.29, 0.717) is 23.6 Å². The molecule has 0 radical (unpaired) electrons. The zero-order chi connectivity index (χ0) is 20.0. The van der Waals surface area contributed by atoms with Gasteiger partial charge in [0.25, 0.3) is 5.56 Å². The van der Waals surface area contributed by atoms with Gasteiger partial charge >= 0.3 is 0 Å². The first kappa shape index (κ1) is 18.0. The van der Waals surface area contributed by atoms with Crippen molar-refractivity contribution < 1.29 is 0 Å². The number of H-pyrrole nitrogens is 2. The van der Waals surface area contributed by atoms with Gasteiger partial charge in [-0.2, -0.15) is 0 Å². The molecule has 0 aliphatic carbocycles. The average molecular weight is 406 g/mol. The Bertz CT molecular complexity index is 1260. The molecule has 3 heterocycles. The fourth-order valence-electron chi connectivity index (χ4n) is 4.09. The molecule has 4 aromatic rings. The number of aromatic nitrogens is 3. The summed E-state index contributed by atoms with van der Waals surface area (Å²) in [6.45, 7) is 2.10. The Kier molecular flexibility index (Phi) is 4.38. The molecule has 0 atom stereocenters. The molecule has 0 fully saturated rings. The van der Waals surface area contributed by atoms with Crippen LogP contribution in [0.5, 0.6) is 0 Å². The second-order valence-electron chi connectivity index (χ2n) is 7.37. The highest BCUT2D eigenvalue weighted by molar-refractivity contribution is 6.30. The van der Waals surface area contributed by atoms with Crippen LogP contribution in [0.15, 0.2) is 53.3 Å². The molecular formula is C22H20ClN5O. The number of nitrogens with one attached hydrogen (secondary N) is 2. The lowest BCUT2D eigenvalue weighted by atomic mass is 10.0. The topological polar surface area (TPSA) is 90.8 Å². The summed E-state index contributed by atoms with van der Waals surface area (Å²) < 4.78 is 0. The van der Waals surface area contributed by atoms with Crippen molar-refractivity contribution in [1.82, 2.24) is 19.9 Å². The molecule has 5 rings (SSSR count). The van der Waals surface area contributed by atoms with Crippen LogP contribution in [0.2, 0.25) is 5.02 Å². The average Bonchev–Trinajstić information content (AvgIpc) is 3.07. The second-order valence-corrected chi connectivity index (χ2v) is 7.80. The molecule has 0 amide bonds. The molecule has 7 heteroatoms. The van der Waals surface area contributed by atoms with E-state index >= 15 is 0 Å². The number of rotatable bonds is 3. The zero-order valence-corrected chi connectivity index (χ0v) is 16.5. The SMILES string of the molecule is Nc1nc2c(c(=O)[nH]1)CN(Cc1c(-c3ccc(Cl)cc3)[nH]c3ccccc13)CC2. The van der Waals surface area contributed by atoms with E-state index in [9.17, 15) is 4.79 Å². The number of nitrogen functional groups attached to an aromatic ring is 1. The van der Waals surface area contributed by atoms with Gasteiger partial charge in [0.1, 0.15) is 0 Å². The number of hydrogen-bond donors (Lipinski definition) is 3. The van der Waals surface area contributed by atoms with Crippen LogP contribution in [0.4, 0.5) is 5.95 Å². The van der Waals surface area contributed by atoms with Crippen molar-refractivity contribution >= 4 is 28.5 Å². The standard InChI is InChI=1S/C22H20ClN5O/c23-14-7-5-13(6-8-14)20-16(15-3-1-2-4-18(15)25-20)11-28-10-9-19-17(12-28)21(29)27-22(24)26-19/h1-8,25H,9-12H2,(H3,24,26,27,29). The predicted molar refractivity (Wildman–Crippen MR) is 116 cm³/mol. The van der Waals surface area contributed by atoms with Crippen molar-refractivity contribution in [2.45, 2.75) is 19.5 Å². The number of nitrogens with two attached hydrogens (primary N) is 1. The molecule has 6 nitrogen and oxygen atoms in total. The molecule has 146 valence electrons. The summed E-state index contributed by atoms with van der Waals surface area (Å²) in [6, 6.07) is 16.2. The van der Waals surface area contributed by atoms with E-state index in [4.69, 9.17) is 17.3 Å². The molecule has 0 unspecified atom stereocenters. The van der Waals surface area contributed by atoms with Crippen LogP contribution in [0.25, 0.3) is 22.2 Å². The fraction of sp³-hybridized carbons (Fsp3) is 0.182. The van der Waals surface area contributed by atoms with Gasteiger partial charge in [-0.15, -0.1) is 0 Å². The first-order valence-electron chi connectivity index (χ1n) is 9.54. The van der Waals surface area contributed by atoms with E-state index in [1.165, 1.54) is 10.9 Å². The molecule has 0 spiro atoms. The molecule has 2 aromatic carbocycles. The first-order chi connectivity index (χ1) is 14.1. The van der Waals surface area contributed by atoms with Gasteiger partial charge in [-0.05, 0) is 29.3 Å². The number of anilines is 1. The number of aromatic amines is 2. The van der Waals surface area contributed by atoms with E-state index in [-0.39, 0.29) is 11.5 Å². The Morgan fingerprint density at radius 2 is 1.90 bits per heavy atom. The van der Waals surface area contributed by atoms with E-state index in [1.807, 2.05) is 36.4 Å². The highest BCUT2D eigenvalue weighted by Gasteiger charge is 2.23. The van der Waals surface area contributed by atoms with Crippen molar-refractivity contribution in [2.75, 3.05) is 12.3 Å². The Labute approximate surface area is 172 Å². The van der Waals surface area contributed by atoms with E-state index in [1.54, 1.807) is 0 Å². The van der Waals surface area contributed by atoms with Crippen molar-refractivity contribution in [3.8, 4) is 11.3 Å². The Morgan fingerprint density at radius 1 is 1.10 bits per heavy atom. The molecule has 2 aromatic heterocycles. The number of benzene rings is 2. The van der Waals surface area contributed by atoms with E-state index in [0.717, 1.165) is 35.6 Å². The van der Waals surface area contributed by atoms with Crippen LogP contribution < -0.4 is 11.3 Å². The van der Waals surface area contributed by atoms with Crippen LogP contribution in [0.1, 0.15) is 16.8 Å². The van der Waals surface area contributed by atoms with Gasteiger partial charge < -0.3 is 10.7 Å². The Balaban J connectivity index is 1.54. The van der Waals surface area contributed by atoms with Gasteiger partial charge in [0.2, 0.25) is 5.95 Å². The Hall–Kier alpha value is -3.09. The molecule has 29 heavy (non-hydrogen) atoms. The summed E-state index contributed by atoms with van der Waals surface area (Å²) in [5.41, 5.74) is 11.5. The third kappa shape index (κ3) is 3.30. The van der Waals surface area contributed by atoms with Crippen LogP contribution in [0.3, 0.4) is 0 Å². The van der Waals surface area contributed by atoms with Crippen molar-refractivity contribution in [2.24, 2.45) is 0 Å². The monoisotopic (exact) mass is 405 g/mol. The number of para-hydroxylation sites is 1. The maximum atomic E-state index is 12.3. The zero-order valence-electron chi connectivity index (χ0n) is 15.7. The lowest BCUT2D eigenvalue weighted by Crippen LogP contribution is -2.35. The van der Waals surface area contributed by atoms with E-state index < -0.39 is 0 Å². The minimum atomic E-state index is -0.144. The van der Waals surface area contributed by atoms with Gasteiger partial charge in [0, 0.05) is 42.0 Å². The van der Waals surface area contributed by atoms with Gasteiger partial charge in [-0.3, -0.25) is 14.7 Å². The van der Waals surface area contributed by atoms with Crippen LogP contribution in [0, 0.1) is 0 Å². The Morgan fingerprint density at radius 3 is 2.72 bits per heavy atom. The summed E-state index contributed by atoms with van der Waals surface area (Å²) >= 11 is 6.08. The normalized spacial score (nSPS) is 14.2. The minimum Gasteiger partial charge on any atom is -0.369 e. The van der Waals surface area contributed by atoms with E-state index in [2.05, 4.69) is 32.0 Å². The van der Waals surface area contributed by atoms with Crippen LogP contribution in [-0.2, 0) is 19.5 Å². The number of fused-ring (bicyclic) bond motifs is 2. The minimum absolute atomic E-state index is 0.144. The lowest BCUT2D eigenvalue weighted by molar-refractivity contribution is 0.243. The number of nitrogens with zero attached hydrogens (tertiary/aromatic N) is 2. The van der Waals surface area contributed by atoms with Gasteiger partial charge in [-0.25, -0.2) is 4.98 Å². The highest BCUT2D eigenvalue weighted by atomic mass is 35.5. The van der Waals surface area contributed by atoms with Gasteiger partial charge in [0.15, 0.2) is 0 Å². The molecular weight excluding hydrogens is 386 g/mol. The third-order valence-electron chi connectivity index (χ3n) is 5.49. The molecule has 4 N–H and O–H groups in total. The summed E-state index contributed by atoms with van der Waals surface area (Å²) in [5, 5.41) is 1.90. The van der Waals surface area contributed by atoms with Gasteiger partial charge in [-0.1, -0.05) is 41.9 Å². The molecule has 0 bridgehead atoms. The van der Waals surface area contributed by atoms with Crippen LogP contribution >= 0.6 is 11.6 Å². The van der Waals surface area contributed by atoms with Gasteiger partial charge in [0.05, 0.1) is 17.0 Å². The summed E-state index contributed by atoms with van der Waals surface area (Å²) in [7, 11) is 0. The summed E-state index contributed by atoms with van der Waals surface area (Å²) in [6.07, 6.45) is 0.710. The fourth-order valence-corrected chi connectivity index (χ4v) is 4.21.